The number of nitrogens with one attached hydrogen (secondary N) is 3. The molecular weight excluding hydrogens is 226 g/mol. The average molecular weight is 259 g/mol. The molecule has 0 amide bonds. The van der Waals surface area contributed by atoms with Crippen LogP contribution >= 0.6 is 0 Å². The molecule has 0 aliphatic heterocycles. The van der Waals surface area contributed by atoms with Gasteiger partial charge in [-0.3, -0.25) is 0 Å². The van der Waals surface area contributed by atoms with E-state index in [1.165, 1.54) is 19.3 Å². The van der Waals surface area contributed by atoms with Crippen molar-refractivity contribution in [3.05, 3.63) is 0 Å². The lowest BCUT2D eigenvalue weighted by atomic mass is 10.3. The molecule has 0 aliphatic rings. The summed E-state index contributed by atoms with van der Waals surface area (Å²) in [7, 11) is 0. The molecule has 0 aliphatic carbocycles. The summed E-state index contributed by atoms with van der Waals surface area (Å²) in [5.41, 5.74) is 10.8. The van der Waals surface area contributed by atoms with Gasteiger partial charge < -0.3 is 27.4 Å². The minimum absolute atomic E-state index is 0.781. The van der Waals surface area contributed by atoms with Gasteiger partial charge in [-0.25, -0.2) is 0 Å². The highest BCUT2D eigenvalue weighted by Gasteiger charge is 1.91. The summed E-state index contributed by atoms with van der Waals surface area (Å²) in [4.78, 5) is 0. The molecule has 5 heteroatoms. The van der Waals surface area contributed by atoms with E-state index >= 15 is 0 Å². The van der Waals surface area contributed by atoms with Crippen molar-refractivity contribution in [2.45, 2.75) is 32.1 Å². The minimum atomic E-state index is 0.781. The SMILES string of the molecule is NCCCCNCCCNCCCNCCCN. The third-order valence-electron chi connectivity index (χ3n) is 2.78. The molecule has 0 radical (unpaired) electrons. The third-order valence-corrected chi connectivity index (χ3v) is 2.78. The Hall–Kier alpha value is -0.200. The van der Waals surface area contributed by atoms with Gasteiger partial charge in [-0.2, -0.15) is 0 Å². The topological polar surface area (TPSA) is 88.1 Å². The van der Waals surface area contributed by atoms with Crippen LogP contribution < -0.4 is 27.4 Å². The van der Waals surface area contributed by atoms with E-state index in [2.05, 4.69) is 16.0 Å². The molecule has 110 valence electrons. The van der Waals surface area contributed by atoms with Crippen molar-refractivity contribution < 1.29 is 0 Å². The van der Waals surface area contributed by atoms with Crippen molar-refractivity contribution in [1.82, 2.24) is 16.0 Å². The summed E-state index contributed by atoms with van der Waals surface area (Å²) in [5, 5.41) is 10.3. The monoisotopic (exact) mass is 259 g/mol. The predicted octanol–water partition coefficient (Wildman–Crippen LogP) is -0.377. The van der Waals surface area contributed by atoms with Crippen molar-refractivity contribution in [1.29, 1.82) is 0 Å². The van der Waals surface area contributed by atoms with E-state index in [9.17, 15) is 0 Å². The van der Waals surface area contributed by atoms with Crippen LogP contribution in [0.1, 0.15) is 32.1 Å². The van der Waals surface area contributed by atoms with E-state index < -0.39 is 0 Å². The highest BCUT2D eigenvalue weighted by atomic mass is 14.9. The minimum Gasteiger partial charge on any atom is -0.330 e. The zero-order valence-electron chi connectivity index (χ0n) is 11.8. The second kappa shape index (κ2) is 16.8. The Labute approximate surface area is 112 Å². The van der Waals surface area contributed by atoms with Crippen LogP contribution in [0.5, 0.6) is 0 Å². The molecule has 0 heterocycles. The van der Waals surface area contributed by atoms with E-state index in [-0.39, 0.29) is 0 Å². The molecule has 0 aromatic rings. The zero-order chi connectivity index (χ0) is 13.3. The summed E-state index contributed by atoms with van der Waals surface area (Å²) in [5.74, 6) is 0. The largest absolute Gasteiger partial charge is 0.330 e. The molecule has 0 bridgehead atoms. The number of hydrogen-bond donors (Lipinski definition) is 5. The fourth-order valence-corrected chi connectivity index (χ4v) is 1.67. The Morgan fingerprint density at radius 2 is 0.833 bits per heavy atom. The van der Waals surface area contributed by atoms with Gasteiger partial charge >= 0.3 is 0 Å². The van der Waals surface area contributed by atoms with Gasteiger partial charge in [0.25, 0.3) is 0 Å². The third kappa shape index (κ3) is 15.8. The van der Waals surface area contributed by atoms with Crippen LogP contribution in [0.4, 0.5) is 0 Å². The van der Waals surface area contributed by atoms with E-state index in [0.717, 1.165) is 65.2 Å². The molecule has 0 aromatic heterocycles. The van der Waals surface area contributed by atoms with Crippen molar-refractivity contribution in [2.75, 3.05) is 52.4 Å². The molecular formula is C13H33N5. The molecule has 0 aromatic carbocycles. The van der Waals surface area contributed by atoms with Crippen LogP contribution in [0.25, 0.3) is 0 Å². The van der Waals surface area contributed by atoms with Crippen molar-refractivity contribution in [3.8, 4) is 0 Å². The fourth-order valence-electron chi connectivity index (χ4n) is 1.67. The summed E-state index contributed by atoms with van der Waals surface area (Å²) in [6.07, 6.45) is 5.78. The number of unbranched alkanes of at least 4 members (excludes halogenated alkanes) is 1. The predicted molar refractivity (Wildman–Crippen MR) is 79.8 cm³/mol. The zero-order valence-corrected chi connectivity index (χ0v) is 11.8. The van der Waals surface area contributed by atoms with Crippen molar-refractivity contribution in [2.24, 2.45) is 11.5 Å². The first-order valence-corrected chi connectivity index (χ1v) is 7.44. The lowest BCUT2D eigenvalue weighted by Crippen LogP contribution is -2.26. The molecule has 0 rings (SSSR count). The van der Waals surface area contributed by atoms with Crippen LogP contribution in [0.15, 0.2) is 0 Å². The number of rotatable bonds is 15. The quantitative estimate of drug-likeness (QED) is 0.259. The van der Waals surface area contributed by atoms with Crippen LogP contribution in [0, 0.1) is 0 Å². The summed E-state index contributed by atoms with van der Waals surface area (Å²) < 4.78 is 0. The second-order valence-corrected chi connectivity index (χ2v) is 4.60. The van der Waals surface area contributed by atoms with E-state index in [1.807, 2.05) is 0 Å². The van der Waals surface area contributed by atoms with E-state index in [1.54, 1.807) is 0 Å². The van der Waals surface area contributed by atoms with Gasteiger partial charge in [0.05, 0.1) is 0 Å². The lowest BCUT2D eigenvalue weighted by molar-refractivity contribution is 0.554. The van der Waals surface area contributed by atoms with Gasteiger partial charge in [-0.15, -0.1) is 0 Å². The molecule has 0 saturated carbocycles. The van der Waals surface area contributed by atoms with Crippen LogP contribution in [-0.2, 0) is 0 Å². The first-order valence-electron chi connectivity index (χ1n) is 7.44. The highest BCUT2D eigenvalue weighted by Crippen LogP contribution is 1.83. The van der Waals surface area contributed by atoms with Crippen LogP contribution in [-0.4, -0.2) is 52.4 Å². The van der Waals surface area contributed by atoms with Gasteiger partial charge in [0.2, 0.25) is 0 Å². The first-order chi connectivity index (χ1) is 8.91. The molecule has 0 unspecified atom stereocenters. The normalized spacial score (nSPS) is 11.0. The standard InChI is InChI=1S/C13H33N5/c14-6-1-2-8-16-10-4-12-18-13-5-11-17-9-3-7-15/h16-18H,1-15H2. The Balaban J connectivity index is 2.86. The lowest BCUT2D eigenvalue weighted by Gasteiger charge is -2.07. The Kier molecular flexibility index (Phi) is 16.6. The smallest absolute Gasteiger partial charge is 0.00368 e. The number of hydrogen-bond acceptors (Lipinski definition) is 5. The van der Waals surface area contributed by atoms with Gasteiger partial charge in [-0.05, 0) is 84.5 Å². The van der Waals surface area contributed by atoms with Crippen LogP contribution in [0.2, 0.25) is 0 Å². The summed E-state index contributed by atoms with van der Waals surface area (Å²) >= 11 is 0. The number of nitrogens with two attached hydrogens (primary N) is 2. The fraction of sp³-hybridized carbons (Fsp3) is 1.00. The van der Waals surface area contributed by atoms with Gasteiger partial charge in [-0.1, -0.05) is 0 Å². The van der Waals surface area contributed by atoms with E-state index in [0.29, 0.717) is 0 Å². The second-order valence-electron chi connectivity index (χ2n) is 4.60. The van der Waals surface area contributed by atoms with Crippen LogP contribution in [0.3, 0.4) is 0 Å². The molecule has 5 nitrogen and oxygen atoms in total. The molecule has 0 saturated heterocycles. The maximum Gasteiger partial charge on any atom is -0.00368 e. The van der Waals surface area contributed by atoms with Gasteiger partial charge in [0, 0.05) is 0 Å². The highest BCUT2D eigenvalue weighted by molar-refractivity contribution is 4.55. The maximum absolute atomic E-state index is 5.43. The molecule has 0 atom stereocenters. The molecule has 18 heavy (non-hydrogen) atoms. The Morgan fingerprint density at radius 3 is 1.28 bits per heavy atom. The maximum atomic E-state index is 5.43. The van der Waals surface area contributed by atoms with E-state index in [4.69, 9.17) is 11.5 Å². The van der Waals surface area contributed by atoms with Crippen molar-refractivity contribution in [3.63, 3.8) is 0 Å². The van der Waals surface area contributed by atoms with Gasteiger partial charge in [0.1, 0.15) is 0 Å². The molecule has 7 N–H and O–H groups in total. The van der Waals surface area contributed by atoms with Gasteiger partial charge in [0.15, 0.2) is 0 Å². The summed E-state index contributed by atoms with van der Waals surface area (Å²) in [6, 6.07) is 0. The molecule has 0 fully saturated rings. The summed E-state index contributed by atoms with van der Waals surface area (Å²) in [6.45, 7) is 8.13. The first kappa shape index (κ1) is 17.8. The Bertz CT molecular complexity index is 127. The van der Waals surface area contributed by atoms with Crippen molar-refractivity contribution >= 4 is 0 Å². The Morgan fingerprint density at radius 1 is 0.444 bits per heavy atom. The average Bonchev–Trinajstić information content (AvgIpc) is 2.39. The molecule has 0 spiro atoms.